The molecule has 0 saturated heterocycles. The zero-order valence-electron chi connectivity index (χ0n) is 8.25. The predicted octanol–water partition coefficient (Wildman–Crippen LogP) is 1.80. The fourth-order valence-corrected chi connectivity index (χ4v) is 2.42. The maximum absolute atomic E-state index is 11.6. The largest absolute Gasteiger partial charge is 0.468 e. The molecule has 14 heavy (non-hydrogen) atoms. The summed E-state index contributed by atoms with van der Waals surface area (Å²) in [5, 5.41) is 9.03. The number of hydrogen-bond acceptors (Lipinski definition) is 3. The highest BCUT2D eigenvalue weighted by atomic mass is 16.5. The Kier molecular flexibility index (Phi) is 1.88. The predicted molar refractivity (Wildman–Crippen MR) is 50.1 cm³/mol. The zero-order chi connectivity index (χ0) is 10.2. The summed E-state index contributed by atoms with van der Waals surface area (Å²) in [6, 6.07) is 2.34. The number of allylic oxidation sites excluding steroid dienone is 1. The van der Waals surface area contributed by atoms with Crippen molar-refractivity contribution in [3.05, 3.63) is 12.2 Å². The van der Waals surface area contributed by atoms with Gasteiger partial charge in [-0.15, -0.1) is 0 Å². The van der Waals surface area contributed by atoms with Gasteiger partial charge in [-0.2, -0.15) is 5.26 Å². The van der Waals surface area contributed by atoms with Crippen LogP contribution in [-0.2, 0) is 9.53 Å². The van der Waals surface area contributed by atoms with Gasteiger partial charge in [0, 0.05) is 0 Å². The fourth-order valence-electron chi connectivity index (χ4n) is 2.42. The van der Waals surface area contributed by atoms with Gasteiger partial charge in [0.1, 0.15) is 0 Å². The van der Waals surface area contributed by atoms with Gasteiger partial charge >= 0.3 is 5.97 Å². The number of esters is 1. The minimum atomic E-state index is -0.423. The van der Waals surface area contributed by atoms with Crippen LogP contribution in [0.3, 0.4) is 0 Å². The van der Waals surface area contributed by atoms with Crippen molar-refractivity contribution in [2.75, 3.05) is 7.11 Å². The summed E-state index contributed by atoms with van der Waals surface area (Å²) in [7, 11) is 1.42. The van der Waals surface area contributed by atoms with E-state index < -0.39 is 5.41 Å². The standard InChI is InChI=1S/C11H13NO2/c1-14-9(13)11-5-2-10(8-12,3-6-11)4-7-11/h2,5H,3-4,6-7H2,1H3. The van der Waals surface area contributed by atoms with Crippen LogP contribution in [0, 0.1) is 22.2 Å². The van der Waals surface area contributed by atoms with Crippen LogP contribution in [0.5, 0.6) is 0 Å². The number of methoxy groups -OCH3 is 1. The Morgan fingerprint density at radius 2 is 2.00 bits per heavy atom. The van der Waals surface area contributed by atoms with Gasteiger partial charge in [0.2, 0.25) is 0 Å². The Labute approximate surface area is 83.4 Å². The quantitative estimate of drug-likeness (QED) is 0.469. The molecule has 0 aromatic rings. The van der Waals surface area contributed by atoms with Gasteiger partial charge in [0.25, 0.3) is 0 Å². The summed E-state index contributed by atoms with van der Waals surface area (Å²) in [6.07, 6.45) is 6.86. The molecule has 0 aliphatic heterocycles. The van der Waals surface area contributed by atoms with Crippen molar-refractivity contribution < 1.29 is 9.53 Å². The van der Waals surface area contributed by atoms with Crippen LogP contribution in [0.1, 0.15) is 25.7 Å². The van der Waals surface area contributed by atoms with E-state index >= 15 is 0 Å². The number of nitrogens with zero attached hydrogens (tertiary/aromatic N) is 1. The Hall–Kier alpha value is -1.30. The third-order valence-electron chi connectivity index (χ3n) is 3.57. The van der Waals surface area contributed by atoms with Crippen LogP contribution in [0.4, 0.5) is 0 Å². The number of carbonyl (C=O) groups excluding carboxylic acids is 1. The van der Waals surface area contributed by atoms with E-state index in [0.717, 1.165) is 25.7 Å². The number of ether oxygens (including phenoxy) is 1. The Balaban J connectivity index is 2.31. The first-order valence-corrected chi connectivity index (χ1v) is 4.87. The van der Waals surface area contributed by atoms with E-state index in [1.54, 1.807) is 0 Å². The summed E-state index contributed by atoms with van der Waals surface area (Å²) in [4.78, 5) is 11.6. The lowest BCUT2D eigenvalue weighted by Gasteiger charge is -2.43. The monoisotopic (exact) mass is 191 g/mol. The molecule has 0 atom stereocenters. The van der Waals surface area contributed by atoms with Gasteiger partial charge in [-0.05, 0) is 25.7 Å². The minimum absolute atomic E-state index is 0.153. The van der Waals surface area contributed by atoms with Crippen molar-refractivity contribution in [2.45, 2.75) is 25.7 Å². The van der Waals surface area contributed by atoms with Crippen LogP contribution in [0.25, 0.3) is 0 Å². The highest BCUT2D eigenvalue weighted by molar-refractivity contribution is 5.80. The van der Waals surface area contributed by atoms with E-state index in [9.17, 15) is 4.79 Å². The van der Waals surface area contributed by atoms with Gasteiger partial charge < -0.3 is 4.74 Å². The topological polar surface area (TPSA) is 50.1 Å². The average Bonchev–Trinajstić information content (AvgIpc) is 2.30. The van der Waals surface area contributed by atoms with Crippen LogP contribution in [0.2, 0.25) is 0 Å². The van der Waals surface area contributed by atoms with Crippen LogP contribution < -0.4 is 0 Å². The van der Waals surface area contributed by atoms with Crippen LogP contribution in [-0.4, -0.2) is 13.1 Å². The van der Waals surface area contributed by atoms with Crippen LogP contribution >= 0.6 is 0 Å². The van der Waals surface area contributed by atoms with Crippen LogP contribution in [0.15, 0.2) is 12.2 Å². The first-order chi connectivity index (χ1) is 6.66. The van der Waals surface area contributed by atoms with Gasteiger partial charge in [-0.3, -0.25) is 4.79 Å². The van der Waals surface area contributed by atoms with Crippen molar-refractivity contribution in [3.63, 3.8) is 0 Å². The van der Waals surface area contributed by atoms with E-state index in [1.807, 2.05) is 12.2 Å². The lowest BCUT2D eigenvalue weighted by molar-refractivity contribution is -0.152. The van der Waals surface area contributed by atoms with Gasteiger partial charge in [0.05, 0.1) is 24.0 Å². The molecule has 0 unspecified atom stereocenters. The van der Waals surface area contributed by atoms with Crippen molar-refractivity contribution >= 4 is 5.97 Å². The zero-order valence-corrected chi connectivity index (χ0v) is 8.25. The van der Waals surface area contributed by atoms with Crippen molar-refractivity contribution in [1.82, 2.24) is 0 Å². The normalized spacial score (nSPS) is 39.1. The molecule has 1 fully saturated rings. The van der Waals surface area contributed by atoms with E-state index in [-0.39, 0.29) is 11.4 Å². The summed E-state index contributed by atoms with van der Waals surface area (Å²) < 4.78 is 4.80. The number of hydrogen-bond donors (Lipinski definition) is 0. The van der Waals surface area contributed by atoms with E-state index in [4.69, 9.17) is 10.00 Å². The fraction of sp³-hybridized carbons (Fsp3) is 0.636. The molecule has 0 N–H and O–H groups in total. The number of carbonyl (C=O) groups is 1. The average molecular weight is 191 g/mol. The molecule has 3 aliphatic carbocycles. The summed E-state index contributed by atoms with van der Waals surface area (Å²) >= 11 is 0. The molecule has 0 amide bonds. The summed E-state index contributed by atoms with van der Waals surface area (Å²) in [5.74, 6) is -0.153. The first kappa shape index (κ1) is 9.26. The smallest absolute Gasteiger partial charge is 0.315 e. The van der Waals surface area contributed by atoms with Gasteiger partial charge in [-0.1, -0.05) is 12.2 Å². The lowest BCUT2D eigenvalue weighted by atomic mass is 9.59. The molecule has 0 aromatic carbocycles. The minimum Gasteiger partial charge on any atom is -0.468 e. The molecular formula is C11H13NO2. The second-order valence-electron chi connectivity index (χ2n) is 4.25. The highest BCUT2D eigenvalue weighted by Gasteiger charge is 2.49. The lowest BCUT2D eigenvalue weighted by Crippen LogP contribution is -2.42. The maximum Gasteiger partial charge on any atom is 0.315 e. The Morgan fingerprint density at radius 1 is 1.36 bits per heavy atom. The first-order valence-electron chi connectivity index (χ1n) is 4.87. The van der Waals surface area contributed by atoms with Gasteiger partial charge in [0.15, 0.2) is 0 Å². The molecule has 0 aromatic heterocycles. The highest BCUT2D eigenvalue weighted by Crippen LogP contribution is 2.52. The van der Waals surface area contributed by atoms with Gasteiger partial charge in [-0.25, -0.2) is 0 Å². The number of fused-ring (bicyclic) bond motifs is 2. The third-order valence-corrected chi connectivity index (χ3v) is 3.57. The Bertz CT molecular complexity index is 330. The molecular weight excluding hydrogens is 178 g/mol. The Morgan fingerprint density at radius 3 is 2.36 bits per heavy atom. The van der Waals surface area contributed by atoms with E-state index in [2.05, 4.69) is 6.07 Å². The van der Waals surface area contributed by atoms with Crippen molar-refractivity contribution in [1.29, 1.82) is 5.26 Å². The molecule has 3 heteroatoms. The summed E-state index contributed by atoms with van der Waals surface area (Å²) in [5.41, 5.74) is -0.719. The molecule has 2 bridgehead atoms. The van der Waals surface area contributed by atoms with E-state index in [0.29, 0.717) is 0 Å². The molecule has 1 saturated carbocycles. The van der Waals surface area contributed by atoms with Crippen molar-refractivity contribution in [2.24, 2.45) is 10.8 Å². The molecule has 74 valence electrons. The molecule has 0 heterocycles. The SMILES string of the molecule is COC(=O)C12C=CC(C#N)(CC1)CC2. The van der Waals surface area contributed by atoms with Crippen molar-refractivity contribution in [3.8, 4) is 6.07 Å². The summed E-state index contributed by atoms with van der Waals surface area (Å²) in [6.45, 7) is 0. The maximum atomic E-state index is 11.6. The second-order valence-corrected chi connectivity index (χ2v) is 4.25. The third kappa shape index (κ3) is 1.07. The number of rotatable bonds is 1. The molecule has 3 rings (SSSR count). The molecule has 3 nitrogen and oxygen atoms in total. The molecule has 3 aliphatic rings. The second kappa shape index (κ2) is 2.84. The molecule has 0 spiro atoms. The number of nitriles is 1. The molecule has 0 radical (unpaired) electrons. The van der Waals surface area contributed by atoms with E-state index in [1.165, 1.54) is 7.11 Å².